The standard InChI is InChI=1S/C34H37ClN4O6S.C2HF3O2/c1-5-45-28-19-22(10-13-27(28)35)30(38-23-11-12-24-21(18-23)14-16-37-32(24)36)33(40)39-17-15-26(34(41)44-4)31(39)25-8-6-7-9-29(25)46(42,43)20(2)3;3-2(4,5)1(6)7/h6-14,16,18-20,26,30-31,38H,5,15,17H2,1-4H3,(H2,36,37);(H,6,7)/t26-,30?,31-;/m0./s1. The number of methoxy groups -OCH3 is 1. The molecular formula is C36H38ClF3N4O8S. The molecule has 0 bridgehead atoms. The first-order valence-electron chi connectivity index (χ1n) is 16.3. The highest BCUT2D eigenvalue weighted by molar-refractivity contribution is 7.92. The Bertz CT molecular complexity index is 2100. The van der Waals surface area contributed by atoms with Crippen LogP contribution in [-0.2, 0) is 29.0 Å². The third-order valence-electron chi connectivity index (χ3n) is 8.53. The number of benzene rings is 3. The number of carboxylic acid groups (broad SMARTS) is 1. The maximum atomic E-state index is 14.8. The normalized spacial score (nSPS) is 16.4. The molecule has 0 aliphatic carbocycles. The molecule has 1 aromatic heterocycles. The first-order valence-corrected chi connectivity index (χ1v) is 18.2. The van der Waals surface area contributed by atoms with Crippen LogP contribution in [-0.4, -0.2) is 72.9 Å². The SMILES string of the molecule is CCOc1cc(C(Nc2ccc3c(N)nccc3c2)C(=O)N2CC[C@H](C(=O)OC)[C@@H]2c2ccccc2S(=O)(=O)C(C)C)ccc1Cl.O=C(O)C(F)(F)F. The van der Waals surface area contributed by atoms with Crippen molar-refractivity contribution in [2.24, 2.45) is 5.92 Å². The van der Waals surface area contributed by atoms with E-state index in [1.807, 2.05) is 31.2 Å². The minimum absolute atomic E-state index is 0.0824. The highest BCUT2D eigenvalue weighted by Crippen LogP contribution is 2.43. The predicted molar refractivity (Wildman–Crippen MR) is 192 cm³/mol. The summed E-state index contributed by atoms with van der Waals surface area (Å²) in [4.78, 5) is 42.6. The Hall–Kier alpha value is -5.09. The van der Waals surface area contributed by atoms with Crippen LogP contribution in [0.2, 0.25) is 5.02 Å². The first kappa shape index (κ1) is 40.7. The molecule has 0 radical (unpaired) electrons. The van der Waals surface area contributed by atoms with Crippen LogP contribution < -0.4 is 15.8 Å². The molecule has 1 amide bonds. The second-order valence-electron chi connectivity index (χ2n) is 12.2. The molecule has 2 heterocycles. The Balaban J connectivity index is 0.000000815. The number of hydrogen-bond acceptors (Lipinski definition) is 10. The maximum Gasteiger partial charge on any atom is 0.490 e. The number of halogens is 4. The molecule has 53 heavy (non-hydrogen) atoms. The van der Waals surface area contributed by atoms with Gasteiger partial charge in [-0.05, 0) is 86.2 Å². The van der Waals surface area contributed by atoms with Gasteiger partial charge in [0.1, 0.15) is 17.6 Å². The molecule has 12 nitrogen and oxygen atoms in total. The lowest BCUT2D eigenvalue weighted by Crippen LogP contribution is -2.40. The van der Waals surface area contributed by atoms with E-state index in [1.165, 1.54) is 13.2 Å². The van der Waals surface area contributed by atoms with E-state index in [0.717, 1.165) is 10.8 Å². The van der Waals surface area contributed by atoms with Gasteiger partial charge in [0.2, 0.25) is 5.91 Å². The van der Waals surface area contributed by atoms with E-state index >= 15 is 0 Å². The zero-order valence-corrected chi connectivity index (χ0v) is 30.6. The number of fused-ring (bicyclic) bond motifs is 1. The van der Waals surface area contributed by atoms with E-state index in [4.69, 9.17) is 36.7 Å². The summed E-state index contributed by atoms with van der Waals surface area (Å²) in [6.45, 7) is 5.61. The van der Waals surface area contributed by atoms with Gasteiger partial charge >= 0.3 is 18.1 Å². The van der Waals surface area contributed by atoms with Gasteiger partial charge in [-0.3, -0.25) is 9.59 Å². The van der Waals surface area contributed by atoms with Crippen LogP contribution in [0.25, 0.3) is 10.8 Å². The summed E-state index contributed by atoms with van der Waals surface area (Å²) in [5, 5.41) is 11.8. The number of aliphatic carboxylic acids is 1. The molecule has 3 atom stereocenters. The molecule has 0 saturated carbocycles. The van der Waals surface area contributed by atoms with Gasteiger partial charge in [0.25, 0.3) is 0 Å². The van der Waals surface area contributed by atoms with E-state index in [1.54, 1.807) is 61.3 Å². The number of alkyl halides is 3. The largest absolute Gasteiger partial charge is 0.492 e. The van der Waals surface area contributed by atoms with E-state index in [2.05, 4.69) is 10.3 Å². The third kappa shape index (κ3) is 9.11. The van der Waals surface area contributed by atoms with Crippen LogP contribution in [0.15, 0.2) is 77.8 Å². The number of nitrogen functional groups attached to an aromatic ring is 1. The number of nitrogens with zero attached hydrogens (tertiary/aromatic N) is 2. The van der Waals surface area contributed by atoms with E-state index in [9.17, 15) is 31.2 Å². The summed E-state index contributed by atoms with van der Waals surface area (Å²) in [6.07, 6.45) is -3.18. The molecule has 4 aromatic rings. The van der Waals surface area contributed by atoms with Crippen LogP contribution in [0, 0.1) is 5.92 Å². The van der Waals surface area contributed by atoms with Crippen molar-refractivity contribution in [3.63, 3.8) is 0 Å². The van der Waals surface area contributed by atoms with Crippen LogP contribution in [0.3, 0.4) is 0 Å². The number of amides is 1. The Labute approximate surface area is 309 Å². The molecule has 3 aromatic carbocycles. The lowest BCUT2D eigenvalue weighted by molar-refractivity contribution is -0.192. The summed E-state index contributed by atoms with van der Waals surface area (Å²) in [7, 11) is -2.48. The number of pyridine rings is 1. The Morgan fingerprint density at radius 3 is 2.40 bits per heavy atom. The summed E-state index contributed by atoms with van der Waals surface area (Å²) in [5.41, 5.74) is 7.64. The number of nitrogens with two attached hydrogens (primary N) is 1. The number of ether oxygens (including phenoxy) is 2. The van der Waals surface area contributed by atoms with Crippen LogP contribution >= 0.6 is 11.6 Å². The molecule has 1 saturated heterocycles. The first-order chi connectivity index (χ1) is 24.9. The number of sulfone groups is 1. The van der Waals surface area contributed by atoms with Gasteiger partial charge in [0, 0.05) is 23.8 Å². The maximum absolute atomic E-state index is 14.8. The minimum Gasteiger partial charge on any atom is -0.492 e. The number of likely N-dealkylation sites (tertiary alicyclic amines) is 1. The molecule has 284 valence electrons. The summed E-state index contributed by atoms with van der Waals surface area (Å²) in [5.74, 6) is -3.62. The Morgan fingerprint density at radius 2 is 1.77 bits per heavy atom. The van der Waals surface area contributed by atoms with Crippen molar-refractivity contribution in [2.45, 2.75) is 55.6 Å². The topological polar surface area (TPSA) is 178 Å². The molecule has 1 fully saturated rings. The molecule has 5 rings (SSSR count). The fraction of sp³-hybridized carbons (Fsp3) is 0.333. The van der Waals surface area contributed by atoms with Gasteiger partial charge in [-0.1, -0.05) is 35.9 Å². The number of carbonyl (C=O) groups is 3. The monoisotopic (exact) mass is 778 g/mol. The van der Waals surface area contributed by atoms with Gasteiger partial charge < -0.3 is 30.5 Å². The van der Waals surface area contributed by atoms with Crippen molar-refractivity contribution in [1.29, 1.82) is 0 Å². The van der Waals surface area contributed by atoms with E-state index < -0.39 is 51.2 Å². The molecular weight excluding hydrogens is 741 g/mol. The molecule has 0 spiro atoms. The summed E-state index contributed by atoms with van der Waals surface area (Å²) < 4.78 is 69.7. The fourth-order valence-corrected chi connectivity index (χ4v) is 7.40. The number of aromatic nitrogens is 1. The highest BCUT2D eigenvalue weighted by Gasteiger charge is 2.46. The van der Waals surface area contributed by atoms with Crippen molar-refractivity contribution < 1.29 is 50.6 Å². The average Bonchev–Trinajstić information content (AvgIpc) is 3.56. The van der Waals surface area contributed by atoms with Gasteiger partial charge in [0.05, 0.1) is 40.8 Å². The van der Waals surface area contributed by atoms with Crippen LogP contribution in [0.5, 0.6) is 5.75 Å². The number of rotatable bonds is 10. The molecule has 1 aliphatic rings. The summed E-state index contributed by atoms with van der Waals surface area (Å²) >= 11 is 6.42. The van der Waals surface area contributed by atoms with Gasteiger partial charge in [-0.25, -0.2) is 18.2 Å². The molecule has 1 unspecified atom stereocenters. The predicted octanol–water partition coefficient (Wildman–Crippen LogP) is 6.60. The zero-order chi connectivity index (χ0) is 39.2. The third-order valence-corrected chi connectivity index (χ3v) is 11.1. The second-order valence-corrected chi connectivity index (χ2v) is 15.0. The zero-order valence-electron chi connectivity index (χ0n) is 29.1. The van der Waals surface area contributed by atoms with Gasteiger partial charge in [0.15, 0.2) is 9.84 Å². The Kier molecular flexibility index (Phi) is 12.8. The van der Waals surface area contributed by atoms with Crippen LogP contribution in [0.1, 0.15) is 50.4 Å². The molecule has 17 heteroatoms. The quantitative estimate of drug-likeness (QED) is 0.148. The number of esters is 1. The molecule has 4 N–H and O–H groups in total. The van der Waals surface area contributed by atoms with Crippen molar-refractivity contribution in [3.05, 3.63) is 89.1 Å². The number of carbonyl (C=O) groups excluding carboxylic acids is 2. The number of nitrogens with one attached hydrogen (secondary N) is 1. The summed E-state index contributed by atoms with van der Waals surface area (Å²) in [6, 6.07) is 17.1. The average molecular weight is 779 g/mol. The number of carboxylic acids is 1. The van der Waals surface area contributed by atoms with Crippen molar-refractivity contribution in [3.8, 4) is 5.75 Å². The lowest BCUT2D eigenvalue weighted by Gasteiger charge is -2.33. The minimum atomic E-state index is -5.08. The molecule has 1 aliphatic heterocycles. The highest BCUT2D eigenvalue weighted by atomic mass is 35.5. The number of anilines is 2. The fourth-order valence-electron chi connectivity index (χ4n) is 5.94. The van der Waals surface area contributed by atoms with E-state index in [-0.39, 0.29) is 17.3 Å². The Morgan fingerprint density at radius 1 is 1.09 bits per heavy atom. The lowest BCUT2D eigenvalue weighted by atomic mass is 9.93. The van der Waals surface area contributed by atoms with Crippen molar-refractivity contribution in [2.75, 3.05) is 31.3 Å². The van der Waals surface area contributed by atoms with Gasteiger partial charge in [-0.15, -0.1) is 0 Å². The van der Waals surface area contributed by atoms with E-state index in [0.29, 0.717) is 46.4 Å². The van der Waals surface area contributed by atoms with Gasteiger partial charge in [-0.2, -0.15) is 13.2 Å². The number of hydrogen-bond donors (Lipinski definition) is 3. The van der Waals surface area contributed by atoms with Crippen LogP contribution in [0.4, 0.5) is 24.7 Å². The van der Waals surface area contributed by atoms with Crippen molar-refractivity contribution in [1.82, 2.24) is 9.88 Å². The smallest absolute Gasteiger partial charge is 0.490 e. The van der Waals surface area contributed by atoms with Crippen molar-refractivity contribution >= 4 is 61.6 Å². The second kappa shape index (κ2) is 16.7.